The molecule has 4 nitrogen and oxygen atoms in total. The fourth-order valence-electron chi connectivity index (χ4n) is 1.81. The monoisotopic (exact) mass is 249 g/mol. The van der Waals surface area contributed by atoms with Gasteiger partial charge in [-0.1, -0.05) is 20.8 Å². The maximum Gasteiger partial charge on any atom is 0.272 e. The van der Waals surface area contributed by atoms with Gasteiger partial charge in [-0.15, -0.1) is 0 Å². The lowest BCUT2D eigenvalue weighted by molar-refractivity contribution is 0.0740. The second-order valence-electron chi connectivity index (χ2n) is 5.68. The Labute approximate surface area is 109 Å². The summed E-state index contributed by atoms with van der Waals surface area (Å²) in [5, 5.41) is 3.15. The lowest BCUT2D eigenvalue weighted by Gasteiger charge is -2.26. The Morgan fingerprint density at radius 3 is 2.50 bits per heavy atom. The Kier molecular flexibility index (Phi) is 4.70. The summed E-state index contributed by atoms with van der Waals surface area (Å²) in [4.78, 5) is 18.0. The number of nitrogens with one attached hydrogen (secondary N) is 1. The van der Waals surface area contributed by atoms with Crippen molar-refractivity contribution in [3.8, 4) is 0 Å². The minimum atomic E-state index is -0.0343. The summed E-state index contributed by atoms with van der Waals surface area (Å²) >= 11 is 0. The van der Waals surface area contributed by atoms with Crippen LogP contribution in [-0.4, -0.2) is 35.9 Å². The van der Waals surface area contributed by atoms with Crippen molar-refractivity contribution in [2.45, 2.75) is 27.7 Å². The summed E-state index contributed by atoms with van der Waals surface area (Å²) < 4.78 is 0. The van der Waals surface area contributed by atoms with Gasteiger partial charge < -0.3 is 10.2 Å². The van der Waals surface area contributed by atoms with Crippen LogP contribution >= 0.6 is 0 Å². The van der Waals surface area contributed by atoms with E-state index in [4.69, 9.17) is 0 Å². The van der Waals surface area contributed by atoms with E-state index in [2.05, 4.69) is 31.1 Å². The zero-order valence-corrected chi connectivity index (χ0v) is 11.9. The van der Waals surface area contributed by atoms with Crippen molar-refractivity contribution in [1.29, 1.82) is 0 Å². The van der Waals surface area contributed by atoms with Gasteiger partial charge in [0.05, 0.1) is 11.9 Å². The minimum absolute atomic E-state index is 0.0343. The van der Waals surface area contributed by atoms with E-state index in [-0.39, 0.29) is 11.3 Å². The first-order chi connectivity index (χ1) is 8.33. The average molecular weight is 249 g/mol. The van der Waals surface area contributed by atoms with E-state index in [9.17, 15) is 4.79 Å². The fourth-order valence-corrected chi connectivity index (χ4v) is 1.81. The molecule has 1 heterocycles. The van der Waals surface area contributed by atoms with Crippen molar-refractivity contribution in [2.24, 2.45) is 5.41 Å². The van der Waals surface area contributed by atoms with E-state index < -0.39 is 0 Å². The molecule has 0 radical (unpaired) electrons. The molecule has 100 valence electrons. The van der Waals surface area contributed by atoms with E-state index in [0.29, 0.717) is 12.2 Å². The first-order valence-electron chi connectivity index (χ1n) is 6.29. The molecule has 0 unspecified atom stereocenters. The van der Waals surface area contributed by atoms with Crippen LogP contribution in [0.1, 0.15) is 38.2 Å². The van der Waals surface area contributed by atoms with Crippen LogP contribution in [0.15, 0.2) is 18.3 Å². The molecule has 0 saturated heterocycles. The Bertz CT molecular complexity index is 392. The van der Waals surface area contributed by atoms with Crippen molar-refractivity contribution in [3.63, 3.8) is 0 Å². The smallest absolute Gasteiger partial charge is 0.272 e. The van der Waals surface area contributed by atoms with Crippen molar-refractivity contribution >= 4 is 11.6 Å². The molecule has 0 aromatic carbocycles. The predicted molar refractivity (Wildman–Crippen MR) is 74.8 cm³/mol. The van der Waals surface area contributed by atoms with Crippen molar-refractivity contribution < 1.29 is 4.79 Å². The lowest BCUT2D eigenvalue weighted by Crippen LogP contribution is -2.34. The highest BCUT2D eigenvalue weighted by molar-refractivity contribution is 5.92. The molecular formula is C14H23N3O. The van der Waals surface area contributed by atoms with Gasteiger partial charge in [-0.3, -0.25) is 4.79 Å². The number of carbonyl (C=O) groups is 1. The summed E-state index contributed by atoms with van der Waals surface area (Å²) in [5.41, 5.74) is 1.52. The predicted octanol–water partition coefficient (Wildman–Crippen LogP) is 2.63. The number of carbonyl (C=O) groups excluding carboxylic acids is 1. The molecule has 1 amide bonds. The molecule has 0 bridgehead atoms. The van der Waals surface area contributed by atoms with Gasteiger partial charge in [0.25, 0.3) is 5.91 Å². The molecule has 0 atom stereocenters. The van der Waals surface area contributed by atoms with E-state index in [1.165, 1.54) is 0 Å². The van der Waals surface area contributed by atoms with Gasteiger partial charge in [0.1, 0.15) is 5.69 Å². The van der Waals surface area contributed by atoms with Crippen LogP contribution < -0.4 is 5.32 Å². The van der Waals surface area contributed by atoms with Gasteiger partial charge in [-0.2, -0.15) is 0 Å². The number of hydrogen-bond donors (Lipinski definition) is 1. The molecule has 0 aliphatic heterocycles. The molecule has 18 heavy (non-hydrogen) atoms. The average Bonchev–Trinajstić information content (AvgIpc) is 2.27. The van der Waals surface area contributed by atoms with Crippen LogP contribution in [0.2, 0.25) is 0 Å². The van der Waals surface area contributed by atoms with Crippen LogP contribution in [0.25, 0.3) is 0 Å². The summed E-state index contributed by atoms with van der Waals surface area (Å²) in [7, 11) is 1.81. The summed E-state index contributed by atoms with van der Waals surface area (Å²) in [6.07, 6.45) is 1.70. The quantitative estimate of drug-likeness (QED) is 0.892. The van der Waals surface area contributed by atoms with Gasteiger partial charge in [0.2, 0.25) is 0 Å². The maximum absolute atomic E-state index is 12.1. The van der Waals surface area contributed by atoms with E-state index in [0.717, 1.165) is 12.2 Å². The Morgan fingerprint density at radius 1 is 1.39 bits per heavy atom. The first kappa shape index (κ1) is 14.5. The minimum Gasteiger partial charge on any atom is -0.384 e. The maximum atomic E-state index is 12.1. The van der Waals surface area contributed by atoms with Crippen molar-refractivity contribution in [3.05, 3.63) is 24.0 Å². The SMILES string of the molecule is CCNc1ccc(C(=O)N(C)CC(C)(C)C)nc1. The van der Waals surface area contributed by atoms with E-state index in [1.807, 2.05) is 20.0 Å². The number of nitrogens with zero attached hydrogens (tertiary/aromatic N) is 2. The van der Waals surface area contributed by atoms with Crippen LogP contribution in [-0.2, 0) is 0 Å². The molecule has 0 aliphatic carbocycles. The molecular weight excluding hydrogens is 226 g/mol. The van der Waals surface area contributed by atoms with Gasteiger partial charge in [0.15, 0.2) is 0 Å². The second-order valence-corrected chi connectivity index (χ2v) is 5.68. The Hall–Kier alpha value is -1.58. The topological polar surface area (TPSA) is 45.2 Å². The second kappa shape index (κ2) is 5.85. The number of amides is 1. The molecule has 0 saturated carbocycles. The van der Waals surface area contributed by atoms with Crippen molar-refractivity contribution in [1.82, 2.24) is 9.88 Å². The zero-order valence-electron chi connectivity index (χ0n) is 11.9. The molecule has 1 aromatic heterocycles. The van der Waals surface area contributed by atoms with E-state index in [1.54, 1.807) is 17.2 Å². The standard InChI is InChI=1S/C14H23N3O/c1-6-15-11-7-8-12(16-9-11)13(18)17(5)10-14(2,3)4/h7-9,15H,6,10H2,1-5H3. The summed E-state index contributed by atoms with van der Waals surface area (Å²) in [6.45, 7) is 9.91. The number of anilines is 1. The molecule has 1 rings (SSSR count). The normalized spacial score (nSPS) is 11.2. The fraction of sp³-hybridized carbons (Fsp3) is 0.571. The molecule has 1 aromatic rings. The van der Waals surface area contributed by atoms with Gasteiger partial charge in [-0.25, -0.2) is 4.98 Å². The van der Waals surface area contributed by atoms with Gasteiger partial charge >= 0.3 is 0 Å². The van der Waals surface area contributed by atoms with Crippen LogP contribution in [0.5, 0.6) is 0 Å². The van der Waals surface area contributed by atoms with Crippen molar-refractivity contribution in [2.75, 3.05) is 25.5 Å². The van der Waals surface area contributed by atoms with E-state index >= 15 is 0 Å². The highest BCUT2D eigenvalue weighted by atomic mass is 16.2. The largest absolute Gasteiger partial charge is 0.384 e. The summed E-state index contributed by atoms with van der Waals surface area (Å²) in [5.74, 6) is -0.0343. The van der Waals surface area contributed by atoms with Gasteiger partial charge in [0, 0.05) is 20.1 Å². The number of rotatable bonds is 4. The third kappa shape index (κ3) is 4.35. The first-order valence-corrected chi connectivity index (χ1v) is 6.29. The third-order valence-corrected chi connectivity index (χ3v) is 2.42. The summed E-state index contributed by atoms with van der Waals surface area (Å²) in [6, 6.07) is 3.65. The number of hydrogen-bond acceptors (Lipinski definition) is 3. The molecule has 0 aliphatic rings. The van der Waals surface area contributed by atoms with Crippen LogP contribution in [0.3, 0.4) is 0 Å². The zero-order chi connectivity index (χ0) is 13.8. The molecule has 4 heteroatoms. The molecule has 1 N–H and O–H groups in total. The van der Waals surface area contributed by atoms with Crippen LogP contribution in [0, 0.1) is 5.41 Å². The number of aromatic nitrogens is 1. The molecule has 0 fully saturated rings. The third-order valence-electron chi connectivity index (χ3n) is 2.42. The van der Waals surface area contributed by atoms with Gasteiger partial charge in [-0.05, 0) is 24.5 Å². The lowest BCUT2D eigenvalue weighted by atomic mass is 9.96. The Morgan fingerprint density at radius 2 is 2.06 bits per heavy atom. The molecule has 0 spiro atoms. The van der Waals surface area contributed by atoms with Crippen LogP contribution in [0.4, 0.5) is 5.69 Å². The number of pyridine rings is 1. The Balaban J connectivity index is 2.72. The highest BCUT2D eigenvalue weighted by Gasteiger charge is 2.19. The highest BCUT2D eigenvalue weighted by Crippen LogP contribution is 2.16.